The summed E-state index contributed by atoms with van der Waals surface area (Å²) in [5.41, 5.74) is 1.63. The molecule has 0 spiro atoms. The first kappa shape index (κ1) is 15.1. The number of ether oxygens (including phenoxy) is 1. The molecule has 2 heterocycles. The van der Waals surface area contributed by atoms with Crippen LogP contribution in [0.4, 0.5) is 0 Å². The van der Waals surface area contributed by atoms with E-state index in [1.165, 1.54) is 4.70 Å². The molecule has 0 aliphatic carbocycles. The lowest BCUT2D eigenvalue weighted by molar-refractivity contribution is 0.0732. The standard InChI is InChI=1S/C19H18N2O2S/c1-23-16-10-4-2-7-13(16)19(22)21-12-6-9-15(21)18-20-14-8-3-5-11-17(14)24-18/h2-5,7-8,10-11,15H,6,9,12H2,1H3/t15-/m0/s1. The third-order valence-corrected chi connectivity index (χ3v) is 5.58. The molecule has 1 aliphatic heterocycles. The monoisotopic (exact) mass is 338 g/mol. The average Bonchev–Trinajstić information content (AvgIpc) is 3.27. The fourth-order valence-electron chi connectivity index (χ4n) is 3.28. The number of fused-ring (bicyclic) bond motifs is 1. The molecule has 0 bridgehead atoms. The summed E-state index contributed by atoms with van der Waals surface area (Å²) in [7, 11) is 1.60. The van der Waals surface area contributed by atoms with Crippen LogP contribution in [0.3, 0.4) is 0 Å². The number of hydrogen-bond acceptors (Lipinski definition) is 4. The number of methoxy groups -OCH3 is 1. The number of hydrogen-bond donors (Lipinski definition) is 0. The summed E-state index contributed by atoms with van der Waals surface area (Å²) in [6.45, 7) is 0.761. The SMILES string of the molecule is COc1ccccc1C(=O)N1CCC[C@H]1c1nc2ccccc2s1. The van der Waals surface area contributed by atoms with Gasteiger partial charge in [-0.05, 0) is 37.1 Å². The zero-order valence-corrected chi connectivity index (χ0v) is 14.3. The zero-order chi connectivity index (χ0) is 16.5. The molecule has 1 fully saturated rings. The Morgan fingerprint density at radius 1 is 1.21 bits per heavy atom. The minimum atomic E-state index is 0.0224. The van der Waals surface area contributed by atoms with E-state index in [1.54, 1.807) is 18.4 Å². The molecule has 1 atom stereocenters. The first-order chi connectivity index (χ1) is 11.8. The van der Waals surface area contributed by atoms with Gasteiger partial charge in [-0.15, -0.1) is 11.3 Å². The number of aromatic nitrogens is 1. The van der Waals surface area contributed by atoms with Gasteiger partial charge in [0.15, 0.2) is 0 Å². The molecule has 4 nitrogen and oxygen atoms in total. The van der Waals surface area contributed by atoms with Gasteiger partial charge >= 0.3 is 0 Å². The molecule has 0 radical (unpaired) electrons. The summed E-state index contributed by atoms with van der Waals surface area (Å²) in [6, 6.07) is 15.6. The first-order valence-electron chi connectivity index (χ1n) is 8.07. The molecule has 24 heavy (non-hydrogen) atoms. The number of carbonyl (C=O) groups is 1. The van der Waals surface area contributed by atoms with E-state index in [0.717, 1.165) is 29.9 Å². The van der Waals surface area contributed by atoms with Crippen LogP contribution >= 0.6 is 11.3 Å². The predicted octanol–water partition coefficient (Wildman–Crippen LogP) is 4.28. The van der Waals surface area contributed by atoms with E-state index < -0.39 is 0 Å². The van der Waals surface area contributed by atoms with Crippen LogP contribution in [0, 0.1) is 0 Å². The highest BCUT2D eigenvalue weighted by Gasteiger charge is 2.33. The highest BCUT2D eigenvalue weighted by molar-refractivity contribution is 7.18. The summed E-state index contributed by atoms with van der Waals surface area (Å²) in [5, 5.41) is 1.02. The Labute approximate surface area is 144 Å². The normalized spacial score (nSPS) is 17.4. The van der Waals surface area contributed by atoms with Gasteiger partial charge in [0, 0.05) is 6.54 Å². The van der Waals surface area contributed by atoms with Gasteiger partial charge in [0.2, 0.25) is 0 Å². The van der Waals surface area contributed by atoms with Gasteiger partial charge in [-0.3, -0.25) is 4.79 Å². The van der Waals surface area contributed by atoms with E-state index in [0.29, 0.717) is 11.3 Å². The van der Waals surface area contributed by atoms with Gasteiger partial charge in [0.05, 0.1) is 28.9 Å². The van der Waals surface area contributed by atoms with Crippen LogP contribution in [0.15, 0.2) is 48.5 Å². The topological polar surface area (TPSA) is 42.4 Å². The van der Waals surface area contributed by atoms with Gasteiger partial charge in [-0.2, -0.15) is 0 Å². The van der Waals surface area contributed by atoms with E-state index in [1.807, 2.05) is 47.4 Å². The summed E-state index contributed by atoms with van der Waals surface area (Å²) in [5.74, 6) is 0.645. The fourth-order valence-corrected chi connectivity index (χ4v) is 4.39. The maximum absolute atomic E-state index is 13.0. The molecule has 4 rings (SSSR count). The smallest absolute Gasteiger partial charge is 0.258 e. The summed E-state index contributed by atoms with van der Waals surface area (Å²) < 4.78 is 6.52. The Kier molecular flexibility index (Phi) is 3.94. The lowest BCUT2D eigenvalue weighted by Gasteiger charge is -2.24. The molecular weight excluding hydrogens is 320 g/mol. The maximum Gasteiger partial charge on any atom is 0.258 e. The molecule has 5 heteroatoms. The van der Waals surface area contributed by atoms with Gasteiger partial charge < -0.3 is 9.64 Å². The van der Waals surface area contributed by atoms with Crippen molar-refractivity contribution in [2.24, 2.45) is 0 Å². The Morgan fingerprint density at radius 3 is 2.83 bits per heavy atom. The Bertz CT molecular complexity index is 857. The van der Waals surface area contributed by atoms with Crippen LogP contribution in [0.5, 0.6) is 5.75 Å². The fraction of sp³-hybridized carbons (Fsp3) is 0.263. The average molecular weight is 338 g/mol. The second-order valence-electron chi connectivity index (χ2n) is 5.88. The van der Waals surface area contributed by atoms with E-state index in [2.05, 4.69) is 6.07 Å². The third-order valence-electron chi connectivity index (χ3n) is 4.45. The molecule has 0 unspecified atom stereocenters. The molecular formula is C19H18N2O2S. The van der Waals surface area contributed by atoms with Crippen molar-refractivity contribution in [2.45, 2.75) is 18.9 Å². The van der Waals surface area contributed by atoms with Crippen LogP contribution in [0.1, 0.15) is 34.2 Å². The van der Waals surface area contributed by atoms with E-state index in [4.69, 9.17) is 9.72 Å². The largest absolute Gasteiger partial charge is 0.496 e. The molecule has 1 saturated heterocycles. The number of benzene rings is 2. The van der Waals surface area contributed by atoms with Crippen LogP contribution in [0.2, 0.25) is 0 Å². The number of para-hydroxylation sites is 2. The van der Waals surface area contributed by atoms with Crippen molar-refractivity contribution in [3.05, 3.63) is 59.1 Å². The molecule has 1 amide bonds. The van der Waals surface area contributed by atoms with Gasteiger partial charge in [0.1, 0.15) is 10.8 Å². The Morgan fingerprint density at radius 2 is 2.00 bits per heavy atom. The Balaban J connectivity index is 1.68. The number of carbonyl (C=O) groups excluding carboxylic acids is 1. The molecule has 122 valence electrons. The van der Waals surface area contributed by atoms with Crippen molar-refractivity contribution in [3.8, 4) is 5.75 Å². The number of thiazole rings is 1. The molecule has 0 saturated carbocycles. The van der Waals surface area contributed by atoms with E-state index in [-0.39, 0.29) is 11.9 Å². The number of likely N-dealkylation sites (tertiary alicyclic amines) is 1. The number of nitrogens with zero attached hydrogens (tertiary/aromatic N) is 2. The first-order valence-corrected chi connectivity index (χ1v) is 8.89. The second-order valence-corrected chi connectivity index (χ2v) is 6.94. The van der Waals surface area contributed by atoms with Crippen LogP contribution in [-0.4, -0.2) is 29.4 Å². The van der Waals surface area contributed by atoms with E-state index >= 15 is 0 Å². The summed E-state index contributed by atoms with van der Waals surface area (Å²) in [4.78, 5) is 19.7. The van der Waals surface area contributed by atoms with Crippen molar-refractivity contribution in [1.29, 1.82) is 0 Å². The molecule has 2 aromatic carbocycles. The van der Waals surface area contributed by atoms with Crippen LogP contribution in [-0.2, 0) is 0 Å². The Hall–Kier alpha value is -2.40. The number of rotatable bonds is 3. The van der Waals surface area contributed by atoms with Gasteiger partial charge in [0.25, 0.3) is 5.91 Å². The highest BCUT2D eigenvalue weighted by atomic mass is 32.1. The minimum Gasteiger partial charge on any atom is -0.496 e. The van der Waals surface area contributed by atoms with Crippen molar-refractivity contribution < 1.29 is 9.53 Å². The molecule has 1 aromatic heterocycles. The summed E-state index contributed by atoms with van der Waals surface area (Å²) in [6.07, 6.45) is 1.96. The molecule has 3 aromatic rings. The lowest BCUT2D eigenvalue weighted by Crippen LogP contribution is -2.30. The van der Waals surface area contributed by atoms with Crippen molar-refractivity contribution in [2.75, 3.05) is 13.7 Å². The highest BCUT2D eigenvalue weighted by Crippen LogP contribution is 2.38. The third kappa shape index (κ3) is 2.55. The zero-order valence-electron chi connectivity index (χ0n) is 13.4. The van der Waals surface area contributed by atoms with Crippen LogP contribution < -0.4 is 4.74 Å². The van der Waals surface area contributed by atoms with Crippen molar-refractivity contribution in [3.63, 3.8) is 0 Å². The molecule has 0 N–H and O–H groups in total. The van der Waals surface area contributed by atoms with Gasteiger partial charge in [-0.25, -0.2) is 4.98 Å². The minimum absolute atomic E-state index is 0.0224. The predicted molar refractivity (Wildman–Crippen MR) is 95.6 cm³/mol. The lowest BCUT2D eigenvalue weighted by atomic mass is 10.1. The maximum atomic E-state index is 13.0. The van der Waals surface area contributed by atoms with Crippen molar-refractivity contribution >= 4 is 27.5 Å². The van der Waals surface area contributed by atoms with Crippen molar-refractivity contribution in [1.82, 2.24) is 9.88 Å². The second kappa shape index (κ2) is 6.24. The summed E-state index contributed by atoms with van der Waals surface area (Å²) >= 11 is 1.68. The number of amides is 1. The van der Waals surface area contributed by atoms with Crippen LogP contribution in [0.25, 0.3) is 10.2 Å². The molecule has 1 aliphatic rings. The quantitative estimate of drug-likeness (QED) is 0.716. The van der Waals surface area contributed by atoms with E-state index in [9.17, 15) is 4.79 Å². The van der Waals surface area contributed by atoms with Gasteiger partial charge in [-0.1, -0.05) is 24.3 Å².